The van der Waals surface area contributed by atoms with Crippen LogP contribution in [0.25, 0.3) is 11.6 Å². The molecule has 48 heavy (non-hydrogen) atoms. The molecule has 1 aliphatic carbocycles. The lowest BCUT2D eigenvalue weighted by Crippen LogP contribution is -2.42. The first kappa shape index (κ1) is 35.2. The Morgan fingerprint density at radius 3 is 1.71 bits per heavy atom. The third kappa shape index (κ3) is 6.50. The summed E-state index contributed by atoms with van der Waals surface area (Å²) < 4.78 is 83.0. The van der Waals surface area contributed by atoms with Crippen molar-refractivity contribution in [3.63, 3.8) is 0 Å². The van der Waals surface area contributed by atoms with Crippen molar-refractivity contribution in [2.45, 2.75) is 102 Å². The van der Waals surface area contributed by atoms with Crippen LogP contribution in [0.1, 0.15) is 118 Å². The first-order valence-electron chi connectivity index (χ1n) is 15.7. The van der Waals surface area contributed by atoms with Crippen LogP contribution in [0.2, 0.25) is 0 Å². The highest BCUT2D eigenvalue weighted by atomic mass is 19.4. The molecule has 5 rings (SSSR count). The van der Waals surface area contributed by atoms with Gasteiger partial charge < -0.3 is 5.11 Å². The first-order valence-corrected chi connectivity index (χ1v) is 15.7. The number of pyridine rings is 2. The SMILES string of the molecule is CC(C)(C)c1nn(-c2ccc(C(F)(F)F)cn2)cc1C(O)(c1c(C=O)c(C(C)(C)C)nn1-c1ccc(C(F)(F)F)cn1)C1CCCCC1. The molecule has 4 aromatic rings. The molecule has 14 heteroatoms. The summed E-state index contributed by atoms with van der Waals surface area (Å²) in [6.07, 6.45) is -2.24. The summed E-state index contributed by atoms with van der Waals surface area (Å²) in [5, 5.41) is 22.9. The van der Waals surface area contributed by atoms with Gasteiger partial charge >= 0.3 is 12.4 Å². The number of alkyl halides is 6. The number of aliphatic hydroxyl groups is 1. The minimum atomic E-state index is -4.64. The third-order valence-corrected chi connectivity index (χ3v) is 8.74. The summed E-state index contributed by atoms with van der Waals surface area (Å²) in [7, 11) is 0. The maximum Gasteiger partial charge on any atom is 0.417 e. The Hall–Kier alpha value is -4.07. The van der Waals surface area contributed by atoms with E-state index in [0.29, 0.717) is 42.9 Å². The quantitative estimate of drug-likeness (QED) is 0.164. The van der Waals surface area contributed by atoms with Crippen LogP contribution >= 0.6 is 0 Å². The highest BCUT2D eigenvalue weighted by Gasteiger charge is 2.50. The monoisotopic (exact) mass is 676 g/mol. The second-order valence-corrected chi connectivity index (χ2v) is 14.4. The number of aromatic nitrogens is 6. The van der Waals surface area contributed by atoms with E-state index in [1.54, 1.807) is 0 Å². The molecule has 0 radical (unpaired) electrons. The summed E-state index contributed by atoms with van der Waals surface area (Å²) in [6, 6.07) is 4.07. The third-order valence-electron chi connectivity index (χ3n) is 8.74. The van der Waals surface area contributed by atoms with E-state index in [1.807, 2.05) is 41.5 Å². The summed E-state index contributed by atoms with van der Waals surface area (Å²) in [4.78, 5) is 21.1. The molecule has 0 bridgehead atoms. The number of rotatable bonds is 6. The fraction of sp³-hybridized carbons (Fsp3) is 0.500. The molecule has 1 saturated carbocycles. The molecule has 4 heterocycles. The van der Waals surface area contributed by atoms with Gasteiger partial charge in [0.05, 0.1) is 33.8 Å². The fourth-order valence-electron chi connectivity index (χ4n) is 6.38. The molecule has 0 saturated heterocycles. The van der Waals surface area contributed by atoms with E-state index < -0.39 is 45.8 Å². The number of hydrogen-bond acceptors (Lipinski definition) is 6. The molecule has 0 spiro atoms. The Balaban J connectivity index is 1.85. The molecule has 1 unspecified atom stereocenters. The van der Waals surface area contributed by atoms with Crippen molar-refractivity contribution in [2.24, 2.45) is 5.92 Å². The van der Waals surface area contributed by atoms with E-state index in [1.165, 1.54) is 21.6 Å². The van der Waals surface area contributed by atoms with Gasteiger partial charge in [0, 0.05) is 35.0 Å². The van der Waals surface area contributed by atoms with Gasteiger partial charge in [0.15, 0.2) is 17.9 Å². The van der Waals surface area contributed by atoms with Gasteiger partial charge in [0.2, 0.25) is 0 Å². The summed E-state index contributed by atoms with van der Waals surface area (Å²) in [5.74, 6) is -0.475. The van der Waals surface area contributed by atoms with Gasteiger partial charge in [0.1, 0.15) is 5.60 Å². The molecule has 4 aromatic heterocycles. The molecular formula is C34H38F6N6O2. The van der Waals surface area contributed by atoms with Crippen molar-refractivity contribution in [2.75, 3.05) is 0 Å². The maximum atomic E-state index is 13.5. The van der Waals surface area contributed by atoms with Gasteiger partial charge in [-0.1, -0.05) is 60.8 Å². The van der Waals surface area contributed by atoms with Crippen LogP contribution in [0.5, 0.6) is 0 Å². The van der Waals surface area contributed by atoms with Crippen molar-refractivity contribution in [1.82, 2.24) is 29.5 Å². The minimum Gasteiger partial charge on any atom is -0.378 e. The Morgan fingerprint density at radius 2 is 1.27 bits per heavy atom. The smallest absolute Gasteiger partial charge is 0.378 e. The summed E-state index contributed by atoms with van der Waals surface area (Å²) >= 11 is 0. The molecule has 0 aliphatic heterocycles. The van der Waals surface area contributed by atoms with Crippen LogP contribution in [0.15, 0.2) is 42.9 Å². The van der Waals surface area contributed by atoms with Crippen LogP contribution in [0.3, 0.4) is 0 Å². The lowest BCUT2D eigenvalue weighted by atomic mass is 9.68. The van der Waals surface area contributed by atoms with Gasteiger partial charge in [-0.05, 0) is 43.0 Å². The second-order valence-electron chi connectivity index (χ2n) is 14.4. The molecular weight excluding hydrogens is 638 g/mol. The summed E-state index contributed by atoms with van der Waals surface area (Å²) in [6.45, 7) is 11.1. The summed E-state index contributed by atoms with van der Waals surface area (Å²) in [5.41, 5.74) is -4.31. The van der Waals surface area contributed by atoms with Gasteiger partial charge in [-0.15, -0.1) is 0 Å². The fourth-order valence-corrected chi connectivity index (χ4v) is 6.38. The topological polar surface area (TPSA) is 98.7 Å². The highest BCUT2D eigenvalue weighted by molar-refractivity contribution is 5.80. The van der Waals surface area contributed by atoms with Crippen molar-refractivity contribution >= 4 is 6.29 Å². The number of carbonyl (C=O) groups is 1. The van der Waals surface area contributed by atoms with Gasteiger partial charge in [-0.2, -0.15) is 36.5 Å². The Morgan fingerprint density at radius 1 is 0.750 bits per heavy atom. The van der Waals surface area contributed by atoms with Crippen LogP contribution < -0.4 is 0 Å². The second kappa shape index (κ2) is 12.1. The van der Waals surface area contributed by atoms with Gasteiger partial charge in [-0.3, -0.25) is 4.79 Å². The number of hydrogen-bond donors (Lipinski definition) is 1. The molecule has 0 amide bonds. The normalized spacial score (nSPS) is 16.6. The molecule has 1 fully saturated rings. The number of aldehydes is 1. The van der Waals surface area contributed by atoms with Crippen molar-refractivity contribution in [3.05, 3.63) is 82.2 Å². The van der Waals surface area contributed by atoms with Crippen LogP contribution in [0, 0.1) is 5.92 Å². The van der Waals surface area contributed by atoms with E-state index in [2.05, 4.69) is 9.97 Å². The van der Waals surface area contributed by atoms with Crippen LogP contribution in [-0.4, -0.2) is 40.9 Å². The highest BCUT2D eigenvalue weighted by Crippen LogP contribution is 2.49. The van der Waals surface area contributed by atoms with Gasteiger partial charge in [-0.25, -0.2) is 19.3 Å². The number of carbonyl (C=O) groups excluding carboxylic acids is 1. The molecule has 0 aromatic carbocycles. The van der Waals surface area contributed by atoms with Crippen molar-refractivity contribution in [3.8, 4) is 11.6 Å². The Labute approximate surface area is 274 Å². The standard InChI is InChI=1S/C34H38F6N6O2/c1-30(2,3)27-23(19-47)29(46(44-27)26-15-13-22(17-42-26)34(38,39)40)32(48,20-10-8-7-9-11-20)24-18-45(43-28(24)31(4,5)6)25-14-12-21(16-41-25)33(35,36)37/h12-20,48H,7-11H2,1-6H3. The van der Waals surface area contributed by atoms with E-state index >= 15 is 0 Å². The van der Waals surface area contributed by atoms with E-state index in [-0.39, 0.29) is 28.5 Å². The van der Waals surface area contributed by atoms with E-state index in [0.717, 1.165) is 37.5 Å². The lowest BCUT2D eigenvalue weighted by Gasteiger charge is -2.40. The van der Waals surface area contributed by atoms with E-state index in [4.69, 9.17) is 10.2 Å². The van der Waals surface area contributed by atoms with Crippen molar-refractivity contribution < 1.29 is 36.2 Å². The maximum absolute atomic E-state index is 13.5. The predicted octanol–water partition coefficient (Wildman–Crippen LogP) is 8.11. The van der Waals surface area contributed by atoms with Crippen LogP contribution in [0.4, 0.5) is 26.3 Å². The average Bonchev–Trinajstić information content (AvgIpc) is 3.64. The number of halogens is 6. The Kier molecular flexibility index (Phi) is 8.90. The zero-order valence-corrected chi connectivity index (χ0v) is 27.5. The minimum absolute atomic E-state index is 0.0343. The largest absolute Gasteiger partial charge is 0.417 e. The molecule has 1 N–H and O–H groups in total. The molecule has 1 atom stereocenters. The molecule has 8 nitrogen and oxygen atoms in total. The average molecular weight is 677 g/mol. The zero-order chi connectivity index (χ0) is 35.4. The van der Waals surface area contributed by atoms with Gasteiger partial charge in [0.25, 0.3) is 0 Å². The molecule has 258 valence electrons. The van der Waals surface area contributed by atoms with E-state index in [9.17, 15) is 36.2 Å². The lowest BCUT2D eigenvalue weighted by molar-refractivity contribution is -0.138. The Bertz CT molecular complexity index is 1770. The van der Waals surface area contributed by atoms with Crippen LogP contribution in [-0.2, 0) is 28.8 Å². The molecule has 1 aliphatic rings. The van der Waals surface area contributed by atoms with Crippen molar-refractivity contribution in [1.29, 1.82) is 0 Å². The number of nitrogens with zero attached hydrogens (tertiary/aromatic N) is 6. The zero-order valence-electron chi connectivity index (χ0n) is 27.5. The predicted molar refractivity (Wildman–Crippen MR) is 165 cm³/mol. The first-order chi connectivity index (χ1) is 22.2.